The Labute approximate surface area is 129 Å². The van der Waals surface area contributed by atoms with Crippen LogP contribution in [0.3, 0.4) is 0 Å². The molecule has 1 heterocycles. The van der Waals surface area contributed by atoms with Crippen LogP contribution in [0.15, 0.2) is 60.8 Å². The minimum Gasteiger partial charge on any atom is -0.341 e. The van der Waals surface area contributed by atoms with Crippen molar-refractivity contribution >= 4 is 5.78 Å². The van der Waals surface area contributed by atoms with Gasteiger partial charge in [-0.2, -0.15) is 13.2 Å². The molecule has 2 aromatic carbocycles. The summed E-state index contributed by atoms with van der Waals surface area (Å²) >= 11 is 0. The first-order chi connectivity index (χ1) is 10.9. The van der Waals surface area contributed by atoms with Crippen LogP contribution in [-0.2, 0) is 6.18 Å². The second kappa shape index (κ2) is 5.72. The van der Waals surface area contributed by atoms with E-state index in [0.717, 1.165) is 29.8 Å². The number of halogens is 3. The maximum absolute atomic E-state index is 12.5. The summed E-state index contributed by atoms with van der Waals surface area (Å²) in [4.78, 5) is 19.2. The predicted octanol–water partition coefficient (Wildman–Crippen LogP) is 4.33. The van der Waals surface area contributed by atoms with Crippen molar-refractivity contribution in [2.75, 3.05) is 0 Å². The zero-order valence-corrected chi connectivity index (χ0v) is 11.8. The molecule has 23 heavy (non-hydrogen) atoms. The first kappa shape index (κ1) is 15.0. The fraction of sp³-hybridized carbons (Fsp3) is 0.0588. The highest BCUT2D eigenvalue weighted by molar-refractivity contribution is 6.06. The van der Waals surface area contributed by atoms with E-state index in [1.54, 1.807) is 6.20 Å². The lowest BCUT2D eigenvalue weighted by atomic mass is 10.1. The number of ketones is 1. The maximum atomic E-state index is 12.5. The van der Waals surface area contributed by atoms with E-state index in [2.05, 4.69) is 9.97 Å². The fourth-order valence-corrected chi connectivity index (χ4v) is 2.14. The number of hydrogen-bond acceptors (Lipinski definition) is 2. The Kier molecular flexibility index (Phi) is 3.73. The van der Waals surface area contributed by atoms with Crippen LogP contribution in [-0.4, -0.2) is 15.8 Å². The summed E-state index contributed by atoms with van der Waals surface area (Å²) in [7, 11) is 0. The first-order valence-electron chi connectivity index (χ1n) is 6.78. The van der Waals surface area contributed by atoms with Crippen LogP contribution in [0.1, 0.15) is 21.7 Å². The molecule has 0 fully saturated rings. The number of nitrogens with one attached hydrogen (secondary N) is 1. The van der Waals surface area contributed by atoms with Crippen molar-refractivity contribution in [3.8, 4) is 11.3 Å². The maximum Gasteiger partial charge on any atom is 0.416 e. The summed E-state index contributed by atoms with van der Waals surface area (Å²) in [5.41, 5.74) is 0.793. The number of hydrogen-bond donors (Lipinski definition) is 1. The molecule has 0 spiro atoms. The zero-order chi connectivity index (χ0) is 16.4. The number of rotatable bonds is 3. The van der Waals surface area contributed by atoms with Crippen LogP contribution in [0.5, 0.6) is 0 Å². The van der Waals surface area contributed by atoms with E-state index in [0.29, 0.717) is 5.69 Å². The van der Waals surface area contributed by atoms with E-state index < -0.39 is 17.5 Å². The summed E-state index contributed by atoms with van der Waals surface area (Å²) < 4.78 is 37.6. The third-order valence-electron chi connectivity index (χ3n) is 3.34. The van der Waals surface area contributed by atoms with Gasteiger partial charge in [0, 0.05) is 17.3 Å². The van der Waals surface area contributed by atoms with Gasteiger partial charge in [-0.15, -0.1) is 0 Å². The van der Waals surface area contributed by atoms with Gasteiger partial charge in [-0.25, -0.2) is 4.98 Å². The number of carbonyl (C=O) groups is 1. The average molecular weight is 316 g/mol. The summed E-state index contributed by atoms with van der Waals surface area (Å²) in [6.07, 6.45) is -2.83. The molecule has 0 amide bonds. The standard InChI is InChI=1S/C17H11F3N2O/c18-17(19,20)13-8-6-12(7-9-13)15(23)16-21-10-14(22-16)11-4-2-1-3-5-11/h1-10H,(H,21,22). The highest BCUT2D eigenvalue weighted by Gasteiger charge is 2.30. The lowest BCUT2D eigenvalue weighted by molar-refractivity contribution is -0.137. The van der Waals surface area contributed by atoms with Gasteiger partial charge < -0.3 is 4.98 Å². The van der Waals surface area contributed by atoms with Gasteiger partial charge in [0.25, 0.3) is 0 Å². The smallest absolute Gasteiger partial charge is 0.341 e. The van der Waals surface area contributed by atoms with Gasteiger partial charge in [-0.1, -0.05) is 42.5 Å². The Balaban J connectivity index is 1.85. The minimum atomic E-state index is -4.42. The van der Waals surface area contributed by atoms with E-state index in [4.69, 9.17) is 0 Å². The molecule has 3 aromatic rings. The molecule has 0 saturated carbocycles. The molecule has 3 rings (SSSR count). The van der Waals surface area contributed by atoms with Gasteiger partial charge in [-0.3, -0.25) is 4.79 Å². The van der Waals surface area contributed by atoms with E-state index in [-0.39, 0.29) is 11.4 Å². The third kappa shape index (κ3) is 3.15. The second-order valence-electron chi connectivity index (χ2n) is 4.90. The summed E-state index contributed by atoms with van der Waals surface area (Å²) in [6.45, 7) is 0. The summed E-state index contributed by atoms with van der Waals surface area (Å²) in [5, 5.41) is 0. The van der Waals surface area contributed by atoms with Gasteiger partial charge in [0.1, 0.15) is 0 Å². The summed E-state index contributed by atoms with van der Waals surface area (Å²) in [6, 6.07) is 13.3. The molecular formula is C17H11F3N2O. The SMILES string of the molecule is O=C(c1ccc(C(F)(F)F)cc1)c1nc(-c2ccccc2)c[nH]1. The molecule has 0 unspecified atom stereocenters. The molecule has 6 heteroatoms. The van der Waals surface area contributed by atoms with Crippen LogP contribution >= 0.6 is 0 Å². The van der Waals surface area contributed by atoms with Crippen LogP contribution in [0.4, 0.5) is 13.2 Å². The molecule has 0 radical (unpaired) electrons. The minimum absolute atomic E-state index is 0.0867. The molecule has 0 aliphatic rings. The number of imidazole rings is 1. The predicted molar refractivity (Wildman–Crippen MR) is 78.9 cm³/mol. The Bertz CT molecular complexity index is 821. The van der Waals surface area contributed by atoms with Crippen LogP contribution in [0.2, 0.25) is 0 Å². The summed E-state index contributed by atoms with van der Waals surface area (Å²) in [5.74, 6) is -0.371. The van der Waals surface area contributed by atoms with Crippen molar-refractivity contribution in [1.82, 2.24) is 9.97 Å². The quantitative estimate of drug-likeness (QED) is 0.731. The van der Waals surface area contributed by atoms with E-state index >= 15 is 0 Å². The Morgan fingerprint density at radius 2 is 1.61 bits per heavy atom. The highest BCUT2D eigenvalue weighted by Crippen LogP contribution is 2.29. The largest absolute Gasteiger partial charge is 0.416 e. The molecule has 0 atom stereocenters. The zero-order valence-electron chi connectivity index (χ0n) is 11.8. The van der Waals surface area contributed by atoms with Crippen molar-refractivity contribution in [2.24, 2.45) is 0 Å². The lowest BCUT2D eigenvalue weighted by Gasteiger charge is -2.06. The van der Waals surface area contributed by atoms with Crippen molar-refractivity contribution in [1.29, 1.82) is 0 Å². The fourth-order valence-electron chi connectivity index (χ4n) is 2.14. The molecule has 0 bridgehead atoms. The third-order valence-corrected chi connectivity index (χ3v) is 3.34. The monoisotopic (exact) mass is 316 g/mol. The van der Waals surface area contributed by atoms with Gasteiger partial charge in [0.15, 0.2) is 5.82 Å². The Morgan fingerprint density at radius 3 is 2.22 bits per heavy atom. The normalized spacial score (nSPS) is 11.4. The van der Waals surface area contributed by atoms with E-state index in [1.165, 1.54) is 0 Å². The van der Waals surface area contributed by atoms with Crippen molar-refractivity contribution < 1.29 is 18.0 Å². The Morgan fingerprint density at radius 1 is 0.957 bits per heavy atom. The van der Waals surface area contributed by atoms with Crippen LogP contribution in [0.25, 0.3) is 11.3 Å². The van der Waals surface area contributed by atoms with Crippen molar-refractivity contribution in [3.63, 3.8) is 0 Å². The van der Waals surface area contributed by atoms with Crippen LogP contribution in [0, 0.1) is 0 Å². The second-order valence-corrected chi connectivity index (χ2v) is 4.90. The van der Waals surface area contributed by atoms with E-state index in [1.807, 2.05) is 30.3 Å². The Hall–Kier alpha value is -2.89. The number of benzene rings is 2. The molecule has 0 aliphatic carbocycles. The highest BCUT2D eigenvalue weighted by atomic mass is 19.4. The van der Waals surface area contributed by atoms with Gasteiger partial charge in [-0.05, 0) is 12.1 Å². The lowest BCUT2D eigenvalue weighted by Crippen LogP contribution is -2.07. The molecule has 1 N–H and O–H groups in total. The van der Waals surface area contributed by atoms with Gasteiger partial charge in [0.05, 0.1) is 11.3 Å². The van der Waals surface area contributed by atoms with Crippen molar-refractivity contribution in [2.45, 2.75) is 6.18 Å². The number of H-pyrrole nitrogens is 1. The van der Waals surface area contributed by atoms with E-state index in [9.17, 15) is 18.0 Å². The topological polar surface area (TPSA) is 45.8 Å². The van der Waals surface area contributed by atoms with Gasteiger partial charge >= 0.3 is 6.18 Å². The van der Waals surface area contributed by atoms with Crippen molar-refractivity contribution in [3.05, 3.63) is 77.7 Å². The number of aromatic amines is 1. The number of aromatic nitrogens is 2. The molecule has 3 nitrogen and oxygen atoms in total. The molecule has 0 saturated heterocycles. The molecule has 1 aromatic heterocycles. The first-order valence-corrected chi connectivity index (χ1v) is 6.78. The molecular weight excluding hydrogens is 305 g/mol. The average Bonchev–Trinajstić information content (AvgIpc) is 3.04. The number of alkyl halides is 3. The molecule has 0 aliphatic heterocycles. The molecule has 116 valence electrons. The van der Waals surface area contributed by atoms with Gasteiger partial charge in [0.2, 0.25) is 5.78 Å². The van der Waals surface area contributed by atoms with Crippen LogP contribution < -0.4 is 0 Å². The number of nitrogens with zero attached hydrogens (tertiary/aromatic N) is 1. The number of carbonyl (C=O) groups excluding carboxylic acids is 1.